The number of likely N-dealkylation sites (N-methyl/N-ethyl adjacent to an activating group) is 1. The Labute approximate surface area is 123 Å². The van der Waals surface area contributed by atoms with E-state index in [0.29, 0.717) is 5.54 Å². The number of hydrogen-bond acceptors (Lipinski definition) is 2. The van der Waals surface area contributed by atoms with Crippen molar-refractivity contribution in [2.75, 3.05) is 14.1 Å². The number of aryl methyl sites for hydroxylation is 1. The molecule has 2 aliphatic rings. The molecule has 1 fully saturated rings. The van der Waals surface area contributed by atoms with E-state index in [9.17, 15) is 0 Å². The molecule has 1 atom stereocenters. The summed E-state index contributed by atoms with van der Waals surface area (Å²) in [5, 5.41) is 0. The van der Waals surface area contributed by atoms with Crippen molar-refractivity contribution >= 4 is 0 Å². The van der Waals surface area contributed by atoms with Crippen molar-refractivity contribution in [3.63, 3.8) is 0 Å². The SMILES string of the molecule is Cc1cc2c(n1CC1(N(C)C)CCCC1)CCCC2N. The maximum atomic E-state index is 6.31. The summed E-state index contributed by atoms with van der Waals surface area (Å²) in [6.45, 7) is 3.40. The van der Waals surface area contributed by atoms with Gasteiger partial charge in [-0.15, -0.1) is 0 Å². The fraction of sp³-hybridized carbons (Fsp3) is 0.765. The first-order chi connectivity index (χ1) is 9.53. The number of hydrogen-bond donors (Lipinski definition) is 1. The Morgan fingerprint density at radius 2 is 2.00 bits per heavy atom. The Morgan fingerprint density at radius 3 is 2.65 bits per heavy atom. The lowest BCUT2D eigenvalue weighted by atomic mass is 9.92. The molecule has 0 amide bonds. The van der Waals surface area contributed by atoms with Crippen LogP contribution in [0.15, 0.2) is 6.07 Å². The smallest absolute Gasteiger partial charge is 0.0409 e. The Hall–Kier alpha value is -0.800. The zero-order chi connectivity index (χ0) is 14.3. The van der Waals surface area contributed by atoms with Gasteiger partial charge >= 0.3 is 0 Å². The molecule has 0 bridgehead atoms. The van der Waals surface area contributed by atoms with Crippen molar-refractivity contribution in [2.24, 2.45) is 5.73 Å². The van der Waals surface area contributed by atoms with Gasteiger partial charge in [0, 0.05) is 29.5 Å². The van der Waals surface area contributed by atoms with E-state index in [4.69, 9.17) is 5.73 Å². The van der Waals surface area contributed by atoms with Crippen molar-refractivity contribution < 1.29 is 0 Å². The van der Waals surface area contributed by atoms with Gasteiger partial charge in [-0.2, -0.15) is 0 Å². The normalized spacial score (nSPS) is 25.1. The predicted octanol–water partition coefficient (Wildman–Crippen LogP) is 3.01. The van der Waals surface area contributed by atoms with Crippen molar-refractivity contribution in [1.82, 2.24) is 9.47 Å². The molecule has 1 aromatic heterocycles. The molecule has 1 unspecified atom stereocenters. The molecule has 0 radical (unpaired) electrons. The number of aromatic nitrogens is 1. The summed E-state index contributed by atoms with van der Waals surface area (Å²) in [7, 11) is 4.50. The molecule has 3 heteroatoms. The van der Waals surface area contributed by atoms with Crippen LogP contribution in [0.2, 0.25) is 0 Å². The van der Waals surface area contributed by atoms with Crippen LogP contribution in [0.5, 0.6) is 0 Å². The molecule has 1 saturated carbocycles. The van der Waals surface area contributed by atoms with Crippen molar-refractivity contribution in [3.05, 3.63) is 23.0 Å². The molecule has 20 heavy (non-hydrogen) atoms. The van der Waals surface area contributed by atoms with Gasteiger partial charge in [-0.1, -0.05) is 12.8 Å². The maximum Gasteiger partial charge on any atom is 0.0409 e. The van der Waals surface area contributed by atoms with E-state index in [-0.39, 0.29) is 6.04 Å². The molecule has 2 N–H and O–H groups in total. The van der Waals surface area contributed by atoms with Crippen molar-refractivity contribution in [2.45, 2.75) is 70.0 Å². The van der Waals surface area contributed by atoms with Gasteiger partial charge in [0.1, 0.15) is 0 Å². The third-order valence-corrected chi connectivity index (χ3v) is 5.71. The zero-order valence-corrected chi connectivity index (χ0v) is 13.3. The second kappa shape index (κ2) is 5.19. The lowest BCUT2D eigenvalue weighted by Gasteiger charge is -2.38. The van der Waals surface area contributed by atoms with Gasteiger partial charge in [-0.3, -0.25) is 0 Å². The van der Waals surface area contributed by atoms with Crippen LogP contribution >= 0.6 is 0 Å². The number of rotatable bonds is 3. The molecular formula is C17H29N3. The molecule has 2 aliphatic carbocycles. The summed E-state index contributed by atoms with van der Waals surface area (Å²) in [6.07, 6.45) is 9.01. The van der Waals surface area contributed by atoms with Crippen molar-refractivity contribution in [1.29, 1.82) is 0 Å². The average molecular weight is 275 g/mol. The van der Waals surface area contributed by atoms with E-state index in [2.05, 4.69) is 36.6 Å². The third kappa shape index (κ3) is 2.21. The van der Waals surface area contributed by atoms with Crippen LogP contribution in [-0.2, 0) is 13.0 Å². The second-order valence-corrected chi connectivity index (χ2v) is 7.10. The first-order valence-electron chi connectivity index (χ1n) is 8.15. The molecule has 0 aliphatic heterocycles. The van der Waals surface area contributed by atoms with Gasteiger partial charge in [0.25, 0.3) is 0 Å². The van der Waals surface area contributed by atoms with E-state index in [0.717, 1.165) is 13.0 Å². The largest absolute Gasteiger partial charge is 0.347 e. The summed E-state index contributed by atoms with van der Waals surface area (Å²) < 4.78 is 2.58. The lowest BCUT2D eigenvalue weighted by molar-refractivity contribution is 0.132. The molecule has 112 valence electrons. The first-order valence-corrected chi connectivity index (χ1v) is 8.15. The first kappa shape index (κ1) is 14.2. The molecule has 1 aromatic rings. The Kier molecular flexibility index (Phi) is 3.67. The summed E-state index contributed by atoms with van der Waals surface area (Å²) in [5.74, 6) is 0. The van der Waals surface area contributed by atoms with Gasteiger partial charge in [-0.25, -0.2) is 0 Å². The second-order valence-electron chi connectivity index (χ2n) is 7.10. The number of nitrogens with two attached hydrogens (primary N) is 1. The molecular weight excluding hydrogens is 246 g/mol. The summed E-state index contributed by atoms with van der Waals surface area (Å²) in [5.41, 5.74) is 11.0. The van der Waals surface area contributed by atoms with Gasteiger partial charge in [0.2, 0.25) is 0 Å². The minimum Gasteiger partial charge on any atom is -0.347 e. The highest BCUT2D eigenvalue weighted by Crippen LogP contribution is 2.38. The Morgan fingerprint density at radius 1 is 1.30 bits per heavy atom. The number of fused-ring (bicyclic) bond motifs is 1. The topological polar surface area (TPSA) is 34.2 Å². The summed E-state index contributed by atoms with van der Waals surface area (Å²) in [4.78, 5) is 2.47. The van der Waals surface area contributed by atoms with E-state index in [1.54, 1.807) is 0 Å². The van der Waals surface area contributed by atoms with Gasteiger partial charge < -0.3 is 15.2 Å². The van der Waals surface area contributed by atoms with Crippen LogP contribution in [0.3, 0.4) is 0 Å². The minimum atomic E-state index is 0.262. The van der Waals surface area contributed by atoms with Crippen LogP contribution in [-0.4, -0.2) is 29.1 Å². The van der Waals surface area contributed by atoms with E-state index in [1.165, 1.54) is 55.5 Å². The van der Waals surface area contributed by atoms with Gasteiger partial charge in [-0.05, 0) is 64.8 Å². The molecule has 0 saturated heterocycles. The van der Waals surface area contributed by atoms with Crippen molar-refractivity contribution in [3.8, 4) is 0 Å². The monoisotopic (exact) mass is 275 g/mol. The molecule has 0 aromatic carbocycles. The highest BCUT2D eigenvalue weighted by atomic mass is 15.2. The van der Waals surface area contributed by atoms with E-state index in [1.807, 2.05) is 0 Å². The third-order valence-electron chi connectivity index (χ3n) is 5.71. The Bertz CT molecular complexity index is 481. The zero-order valence-electron chi connectivity index (χ0n) is 13.3. The quantitative estimate of drug-likeness (QED) is 0.920. The fourth-order valence-corrected chi connectivity index (χ4v) is 4.29. The maximum absolute atomic E-state index is 6.31. The summed E-state index contributed by atoms with van der Waals surface area (Å²) in [6, 6.07) is 2.61. The van der Waals surface area contributed by atoms with E-state index >= 15 is 0 Å². The molecule has 3 nitrogen and oxygen atoms in total. The number of nitrogens with zero attached hydrogens (tertiary/aromatic N) is 2. The predicted molar refractivity (Wildman–Crippen MR) is 83.9 cm³/mol. The highest BCUT2D eigenvalue weighted by Gasteiger charge is 2.37. The van der Waals surface area contributed by atoms with Crippen LogP contribution < -0.4 is 5.73 Å². The highest BCUT2D eigenvalue weighted by molar-refractivity contribution is 5.33. The average Bonchev–Trinajstić information content (AvgIpc) is 2.99. The van der Waals surface area contributed by atoms with Gasteiger partial charge in [0.05, 0.1) is 0 Å². The standard InChI is InChI=1S/C17H29N3/c1-13-11-14-15(18)7-6-8-16(14)20(13)12-17(19(2)3)9-4-5-10-17/h11,15H,4-10,12,18H2,1-3H3. The summed E-state index contributed by atoms with van der Waals surface area (Å²) >= 11 is 0. The molecule has 0 spiro atoms. The van der Waals surface area contributed by atoms with E-state index < -0.39 is 0 Å². The van der Waals surface area contributed by atoms with Crippen LogP contribution in [0.1, 0.15) is 61.5 Å². The lowest BCUT2D eigenvalue weighted by Crippen LogP contribution is -2.45. The molecule has 1 heterocycles. The van der Waals surface area contributed by atoms with Gasteiger partial charge in [0.15, 0.2) is 0 Å². The molecule has 3 rings (SSSR count). The fourth-order valence-electron chi connectivity index (χ4n) is 4.29. The van der Waals surface area contributed by atoms with Crippen LogP contribution in [0.4, 0.5) is 0 Å². The van der Waals surface area contributed by atoms with Crippen LogP contribution in [0, 0.1) is 6.92 Å². The minimum absolute atomic E-state index is 0.262. The Balaban J connectivity index is 1.94. The van der Waals surface area contributed by atoms with Crippen LogP contribution in [0.25, 0.3) is 0 Å².